The van der Waals surface area contributed by atoms with Gasteiger partial charge in [-0.05, 0) is 97.2 Å². The average molecular weight is 622 g/mol. The maximum absolute atomic E-state index is 13.7. The molecule has 8 rings (SSSR count). The van der Waals surface area contributed by atoms with E-state index in [1.54, 1.807) is 12.1 Å². The van der Waals surface area contributed by atoms with Crippen LogP contribution in [0, 0.1) is 13.8 Å². The number of hydrogen-bond acceptors (Lipinski definition) is 6. The van der Waals surface area contributed by atoms with E-state index in [9.17, 15) is 24.0 Å². The predicted molar refractivity (Wildman–Crippen MR) is 178 cm³/mol. The second kappa shape index (κ2) is 10.8. The number of benzene rings is 4. The minimum absolute atomic E-state index is 0.0483. The number of H-pyrrole nitrogens is 1. The predicted octanol–water partition coefficient (Wildman–Crippen LogP) is 6.75. The maximum atomic E-state index is 13.7. The summed E-state index contributed by atoms with van der Waals surface area (Å²) in [4.78, 5) is 76.5. The third-order valence-electron chi connectivity index (χ3n) is 10.2. The molecule has 8 nitrogen and oxygen atoms in total. The number of nitrogens with one attached hydrogen (secondary N) is 1. The molecule has 47 heavy (non-hydrogen) atoms. The molecule has 0 unspecified atom stereocenters. The third kappa shape index (κ3) is 4.50. The molecule has 0 radical (unpaired) electrons. The Morgan fingerprint density at radius 3 is 2.04 bits per heavy atom. The van der Waals surface area contributed by atoms with Crippen LogP contribution in [0.25, 0.3) is 10.9 Å². The summed E-state index contributed by atoms with van der Waals surface area (Å²) in [6, 6.07) is 21.8. The lowest BCUT2D eigenvalue weighted by molar-refractivity contribution is 0.0882. The Balaban J connectivity index is 1.10. The molecule has 1 saturated carbocycles. The van der Waals surface area contributed by atoms with E-state index in [0.717, 1.165) is 40.0 Å². The Morgan fingerprint density at radius 2 is 1.38 bits per heavy atom. The van der Waals surface area contributed by atoms with Crippen molar-refractivity contribution in [2.45, 2.75) is 57.8 Å². The van der Waals surface area contributed by atoms with Crippen molar-refractivity contribution in [1.29, 1.82) is 0 Å². The Bertz CT molecular complexity index is 2210. The van der Waals surface area contributed by atoms with Gasteiger partial charge in [0.2, 0.25) is 0 Å². The molecule has 2 aliphatic carbocycles. The molecule has 3 aliphatic rings. The molecule has 1 aromatic heterocycles. The van der Waals surface area contributed by atoms with Crippen LogP contribution in [0.3, 0.4) is 0 Å². The highest BCUT2D eigenvalue weighted by Crippen LogP contribution is 2.41. The lowest BCUT2D eigenvalue weighted by Gasteiger charge is -2.22. The fourth-order valence-electron chi connectivity index (χ4n) is 7.62. The number of Topliss-reactive ketones (excluding diaryl/α,β-unsaturated/α-hetero) is 2. The highest BCUT2D eigenvalue weighted by atomic mass is 16.2. The van der Waals surface area contributed by atoms with Crippen LogP contribution in [-0.4, -0.2) is 33.3 Å². The van der Waals surface area contributed by atoms with Gasteiger partial charge in [-0.1, -0.05) is 55.3 Å². The Labute approximate surface area is 270 Å². The molecule has 232 valence electrons. The topological polar surface area (TPSA) is 117 Å². The van der Waals surface area contributed by atoms with Crippen LogP contribution in [0.5, 0.6) is 0 Å². The number of carbonyl (C=O) groups is 4. The minimum Gasteiger partial charge on any atom is -0.309 e. The lowest BCUT2D eigenvalue weighted by Crippen LogP contribution is -2.30. The molecular formula is C39H31N3O5. The van der Waals surface area contributed by atoms with Gasteiger partial charge in [0.1, 0.15) is 11.7 Å². The number of hydrogen-bond donors (Lipinski definition) is 1. The summed E-state index contributed by atoms with van der Waals surface area (Å²) in [7, 11) is 0. The zero-order valence-corrected chi connectivity index (χ0v) is 26.1. The van der Waals surface area contributed by atoms with Gasteiger partial charge in [0, 0.05) is 11.1 Å². The van der Waals surface area contributed by atoms with Crippen molar-refractivity contribution in [2.75, 3.05) is 4.90 Å². The maximum Gasteiger partial charge on any atom is 0.266 e. The molecule has 0 atom stereocenters. The highest BCUT2D eigenvalue weighted by molar-refractivity contribution is 6.37. The first-order valence-electron chi connectivity index (χ1n) is 16.0. The number of fused-ring (bicyclic) bond motifs is 3. The van der Waals surface area contributed by atoms with Crippen molar-refractivity contribution in [1.82, 2.24) is 9.97 Å². The molecule has 0 saturated heterocycles. The molecule has 2 amide bonds. The van der Waals surface area contributed by atoms with Crippen molar-refractivity contribution in [3.63, 3.8) is 0 Å². The zero-order chi connectivity index (χ0) is 32.6. The van der Waals surface area contributed by atoms with Gasteiger partial charge in [0.25, 0.3) is 17.4 Å². The van der Waals surface area contributed by atoms with Crippen LogP contribution < -0.4 is 10.5 Å². The molecule has 0 spiro atoms. The number of ketones is 2. The SMILES string of the molecule is Cc1c(C2CCCC2)ccc(N2C(=O)c3cc4c(cc3C2=O)C(=O)C(c2nc3ccc(Cc5ccccc5)cc3c(=O)[nH]2)C4=O)c1C. The molecule has 1 fully saturated rings. The monoisotopic (exact) mass is 621 g/mol. The van der Waals surface area contributed by atoms with Gasteiger partial charge >= 0.3 is 0 Å². The van der Waals surface area contributed by atoms with Crippen LogP contribution in [0.2, 0.25) is 0 Å². The molecule has 1 N–H and O–H groups in total. The first-order valence-corrected chi connectivity index (χ1v) is 16.0. The summed E-state index contributed by atoms with van der Waals surface area (Å²) in [5, 5.41) is 0.356. The smallest absolute Gasteiger partial charge is 0.266 e. The van der Waals surface area contributed by atoms with E-state index in [1.807, 2.05) is 62.4 Å². The Kier molecular flexibility index (Phi) is 6.65. The summed E-state index contributed by atoms with van der Waals surface area (Å²) in [5.74, 6) is -3.14. The standard InChI is InChI=1S/C39H31N3O5/c1-20-21(2)32(15-13-25(20)24-10-6-7-11-24)42-38(46)28-18-26-27(19-29(28)39(42)47)35(44)33(34(26)43)36-40-31-14-12-23(17-30(31)37(45)41-36)16-22-8-4-3-5-9-22/h3-5,8-9,12-15,17-19,24,33H,6-7,10-11,16H2,1-2H3,(H,40,41,45). The molecule has 1 aliphatic heterocycles. The van der Waals surface area contributed by atoms with Gasteiger partial charge in [-0.3, -0.25) is 24.0 Å². The summed E-state index contributed by atoms with van der Waals surface area (Å²) < 4.78 is 0. The summed E-state index contributed by atoms with van der Waals surface area (Å²) in [5.41, 5.74) is 5.91. The van der Waals surface area contributed by atoms with Gasteiger partial charge in [0.05, 0.1) is 27.7 Å². The van der Waals surface area contributed by atoms with E-state index in [2.05, 4.69) is 9.97 Å². The van der Waals surface area contributed by atoms with E-state index >= 15 is 0 Å². The van der Waals surface area contributed by atoms with Gasteiger partial charge < -0.3 is 4.98 Å². The normalized spacial score (nSPS) is 16.5. The quantitative estimate of drug-likeness (QED) is 0.171. The van der Waals surface area contributed by atoms with Crippen molar-refractivity contribution in [3.8, 4) is 0 Å². The number of anilines is 1. The zero-order valence-electron chi connectivity index (χ0n) is 26.1. The highest BCUT2D eigenvalue weighted by Gasteiger charge is 2.46. The lowest BCUT2D eigenvalue weighted by atomic mass is 9.90. The van der Waals surface area contributed by atoms with Crippen LogP contribution in [-0.2, 0) is 6.42 Å². The Hall–Kier alpha value is -5.50. The van der Waals surface area contributed by atoms with E-state index < -0.39 is 34.9 Å². The van der Waals surface area contributed by atoms with Gasteiger partial charge in [-0.25, -0.2) is 9.88 Å². The second-order valence-corrected chi connectivity index (χ2v) is 12.9. The van der Waals surface area contributed by atoms with Crippen LogP contribution in [0.1, 0.15) is 113 Å². The summed E-state index contributed by atoms with van der Waals surface area (Å²) >= 11 is 0. The molecule has 4 aromatic carbocycles. The van der Waals surface area contributed by atoms with Crippen LogP contribution in [0.4, 0.5) is 5.69 Å². The number of aromatic amines is 1. The molecule has 8 heteroatoms. The number of carbonyl (C=O) groups excluding carboxylic acids is 4. The number of aromatic nitrogens is 2. The third-order valence-corrected chi connectivity index (χ3v) is 10.2. The molecule has 0 bridgehead atoms. The number of amides is 2. The van der Waals surface area contributed by atoms with Gasteiger partial charge in [-0.15, -0.1) is 0 Å². The largest absolute Gasteiger partial charge is 0.309 e. The molecule has 2 heterocycles. The minimum atomic E-state index is -1.37. The van der Waals surface area contributed by atoms with Crippen LogP contribution >= 0.6 is 0 Å². The molecule has 5 aromatic rings. The van der Waals surface area contributed by atoms with E-state index in [0.29, 0.717) is 28.9 Å². The first kappa shape index (κ1) is 28.9. The van der Waals surface area contributed by atoms with Crippen molar-refractivity contribution in [2.24, 2.45) is 0 Å². The van der Waals surface area contributed by atoms with Crippen LogP contribution in [0.15, 0.2) is 77.6 Å². The fraction of sp³-hybridized carbons (Fsp3) is 0.231. The average Bonchev–Trinajstić information content (AvgIpc) is 3.75. The fourth-order valence-corrected chi connectivity index (χ4v) is 7.62. The van der Waals surface area contributed by atoms with E-state index in [-0.39, 0.29) is 28.1 Å². The van der Waals surface area contributed by atoms with Gasteiger partial charge in [0.15, 0.2) is 11.6 Å². The van der Waals surface area contributed by atoms with Crippen molar-refractivity contribution < 1.29 is 19.2 Å². The number of rotatable bonds is 5. The Morgan fingerprint density at radius 1 is 0.723 bits per heavy atom. The second-order valence-electron chi connectivity index (χ2n) is 12.9. The first-order chi connectivity index (χ1) is 22.7. The van der Waals surface area contributed by atoms with Crippen molar-refractivity contribution >= 4 is 40.0 Å². The van der Waals surface area contributed by atoms with E-state index in [4.69, 9.17) is 0 Å². The molecular weight excluding hydrogens is 590 g/mol. The van der Waals surface area contributed by atoms with Crippen molar-refractivity contribution in [3.05, 3.63) is 139 Å². The van der Waals surface area contributed by atoms with E-state index in [1.165, 1.54) is 30.5 Å². The van der Waals surface area contributed by atoms with Gasteiger partial charge in [-0.2, -0.15) is 0 Å². The summed E-state index contributed by atoms with van der Waals surface area (Å²) in [6.07, 6.45) is 5.32. The number of imide groups is 1. The summed E-state index contributed by atoms with van der Waals surface area (Å²) in [6.45, 7) is 3.96. The number of nitrogens with zero attached hydrogens (tertiary/aromatic N) is 2.